The van der Waals surface area contributed by atoms with E-state index in [1.807, 2.05) is 25.1 Å². The number of carbonyl (C=O) groups excluding carboxylic acids is 2. The van der Waals surface area contributed by atoms with Crippen LogP contribution in [0.4, 0.5) is 11.4 Å². The molecular weight excluding hydrogens is 348 g/mol. The summed E-state index contributed by atoms with van der Waals surface area (Å²) in [4.78, 5) is 34.9. The molecule has 2 aromatic rings. The van der Waals surface area contributed by atoms with Gasteiger partial charge in [-0.2, -0.15) is 0 Å². The van der Waals surface area contributed by atoms with Gasteiger partial charge in [0.15, 0.2) is 0 Å². The Labute approximate surface area is 157 Å². The Morgan fingerprint density at radius 1 is 1.15 bits per heavy atom. The molecule has 0 radical (unpaired) electrons. The van der Waals surface area contributed by atoms with E-state index in [0.29, 0.717) is 12.2 Å². The van der Waals surface area contributed by atoms with Gasteiger partial charge in [-0.25, -0.2) is 0 Å². The van der Waals surface area contributed by atoms with Gasteiger partial charge in [0.1, 0.15) is 6.04 Å². The zero-order chi connectivity index (χ0) is 19.8. The monoisotopic (exact) mass is 370 g/mol. The largest absolute Gasteiger partial charge is 0.341 e. The molecule has 1 atom stereocenters. The summed E-state index contributed by atoms with van der Waals surface area (Å²) in [6.07, 6.45) is 0. The summed E-state index contributed by atoms with van der Waals surface area (Å²) >= 11 is 0. The molecule has 142 valence electrons. The number of para-hydroxylation sites is 1. The Morgan fingerprint density at radius 3 is 2.59 bits per heavy atom. The predicted octanol–water partition coefficient (Wildman–Crippen LogP) is 2.46. The van der Waals surface area contributed by atoms with Crippen molar-refractivity contribution in [3.63, 3.8) is 0 Å². The van der Waals surface area contributed by atoms with Gasteiger partial charge in [-0.15, -0.1) is 0 Å². The molecule has 0 aromatic heterocycles. The van der Waals surface area contributed by atoms with Gasteiger partial charge in [-0.05, 0) is 31.2 Å². The lowest BCUT2D eigenvalue weighted by atomic mass is 10.1. The van der Waals surface area contributed by atoms with Crippen molar-refractivity contribution in [1.82, 2.24) is 10.6 Å². The van der Waals surface area contributed by atoms with Gasteiger partial charge >= 0.3 is 0 Å². The van der Waals surface area contributed by atoms with E-state index < -0.39 is 16.9 Å². The van der Waals surface area contributed by atoms with Crippen LogP contribution in [-0.2, 0) is 11.3 Å². The highest BCUT2D eigenvalue weighted by molar-refractivity contribution is 6.01. The van der Waals surface area contributed by atoms with Crippen molar-refractivity contribution in [3.05, 3.63) is 69.8 Å². The highest BCUT2D eigenvalue weighted by atomic mass is 16.6. The van der Waals surface area contributed by atoms with E-state index in [1.165, 1.54) is 24.3 Å². The van der Waals surface area contributed by atoms with Crippen LogP contribution in [-0.4, -0.2) is 29.3 Å². The van der Waals surface area contributed by atoms with Crippen LogP contribution in [0.2, 0.25) is 0 Å². The second kappa shape index (κ2) is 9.44. The van der Waals surface area contributed by atoms with Gasteiger partial charge in [0.05, 0.1) is 4.92 Å². The second-order valence-corrected chi connectivity index (χ2v) is 5.93. The Bertz CT molecular complexity index is 838. The highest BCUT2D eigenvalue weighted by Gasteiger charge is 2.19. The van der Waals surface area contributed by atoms with Gasteiger partial charge in [0, 0.05) is 29.9 Å². The number of carbonyl (C=O) groups is 2. The molecule has 1 unspecified atom stereocenters. The third kappa shape index (κ3) is 5.61. The molecule has 2 aromatic carbocycles. The van der Waals surface area contributed by atoms with Gasteiger partial charge in [-0.3, -0.25) is 19.7 Å². The SMILES string of the molecule is CCNCc1ccccc1NC(=O)C(C)NC(=O)c1cccc([N+](=O)[O-])c1. The Kier molecular flexibility index (Phi) is 7.01. The average molecular weight is 370 g/mol. The van der Waals surface area contributed by atoms with Crippen molar-refractivity contribution in [1.29, 1.82) is 0 Å². The molecule has 2 amide bonds. The molecule has 0 fully saturated rings. The van der Waals surface area contributed by atoms with Crippen LogP contribution in [0, 0.1) is 10.1 Å². The smallest absolute Gasteiger partial charge is 0.270 e. The molecule has 8 nitrogen and oxygen atoms in total. The third-order valence-corrected chi connectivity index (χ3v) is 3.90. The summed E-state index contributed by atoms with van der Waals surface area (Å²) in [5.41, 5.74) is 1.54. The molecule has 0 saturated carbocycles. The maximum absolute atomic E-state index is 12.4. The second-order valence-electron chi connectivity index (χ2n) is 5.93. The van der Waals surface area contributed by atoms with Crippen LogP contribution in [0.15, 0.2) is 48.5 Å². The summed E-state index contributed by atoms with van der Waals surface area (Å²) in [6, 6.07) is 11.9. The van der Waals surface area contributed by atoms with E-state index in [0.717, 1.165) is 12.1 Å². The Balaban J connectivity index is 2.03. The molecule has 0 aliphatic rings. The number of benzene rings is 2. The van der Waals surface area contributed by atoms with Crippen molar-refractivity contribution < 1.29 is 14.5 Å². The highest BCUT2D eigenvalue weighted by Crippen LogP contribution is 2.16. The molecule has 8 heteroatoms. The van der Waals surface area contributed by atoms with Crippen LogP contribution in [0.1, 0.15) is 29.8 Å². The standard InChI is InChI=1S/C19H22N4O4/c1-3-20-12-15-7-4-5-10-17(15)22-18(24)13(2)21-19(25)14-8-6-9-16(11-14)23(26)27/h4-11,13,20H,3,12H2,1-2H3,(H,21,25)(H,22,24). The van der Waals surface area contributed by atoms with Crippen LogP contribution < -0.4 is 16.0 Å². The van der Waals surface area contributed by atoms with Crippen LogP contribution >= 0.6 is 0 Å². The molecule has 27 heavy (non-hydrogen) atoms. The van der Waals surface area contributed by atoms with Gasteiger partial charge in [0.2, 0.25) is 5.91 Å². The molecule has 0 heterocycles. The van der Waals surface area contributed by atoms with Crippen molar-refractivity contribution >= 4 is 23.2 Å². The van der Waals surface area contributed by atoms with Crippen LogP contribution in [0.3, 0.4) is 0 Å². The number of amides is 2. The van der Waals surface area contributed by atoms with E-state index in [2.05, 4.69) is 16.0 Å². The summed E-state index contributed by atoms with van der Waals surface area (Å²) < 4.78 is 0. The van der Waals surface area contributed by atoms with E-state index >= 15 is 0 Å². The van der Waals surface area contributed by atoms with Crippen molar-refractivity contribution in [3.8, 4) is 0 Å². The molecule has 0 aliphatic heterocycles. The van der Waals surface area contributed by atoms with E-state index in [4.69, 9.17) is 0 Å². The number of nitrogens with zero attached hydrogens (tertiary/aromatic N) is 1. The fraction of sp³-hybridized carbons (Fsp3) is 0.263. The predicted molar refractivity (Wildman–Crippen MR) is 102 cm³/mol. The summed E-state index contributed by atoms with van der Waals surface area (Å²) in [5, 5.41) is 19.4. The molecule has 0 saturated heterocycles. The van der Waals surface area contributed by atoms with Crippen LogP contribution in [0.5, 0.6) is 0 Å². The first kappa shape index (κ1) is 20.1. The van der Waals surface area contributed by atoms with Gasteiger partial charge < -0.3 is 16.0 Å². The van der Waals surface area contributed by atoms with Gasteiger partial charge in [0.25, 0.3) is 11.6 Å². The lowest BCUT2D eigenvalue weighted by Crippen LogP contribution is -2.41. The zero-order valence-electron chi connectivity index (χ0n) is 15.2. The number of rotatable bonds is 8. The van der Waals surface area contributed by atoms with Gasteiger partial charge in [-0.1, -0.05) is 31.2 Å². The van der Waals surface area contributed by atoms with Crippen LogP contribution in [0.25, 0.3) is 0 Å². The minimum Gasteiger partial charge on any atom is -0.341 e. The summed E-state index contributed by atoms with van der Waals surface area (Å²) in [6.45, 7) is 4.96. The number of nitro groups is 1. The molecule has 2 rings (SSSR count). The topological polar surface area (TPSA) is 113 Å². The van der Waals surface area contributed by atoms with E-state index in [9.17, 15) is 19.7 Å². The maximum Gasteiger partial charge on any atom is 0.270 e. The number of nitrogens with one attached hydrogen (secondary N) is 3. The first-order valence-corrected chi connectivity index (χ1v) is 8.57. The number of nitro benzene ring substituents is 1. The molecule has 0 spiro atoms. The summed E-state index contributed by atoms with van der Waals surface area (Å²) in [7, 11) is 0. The first-order valence-electron chi connectivity index (χ1n) is 8.57. The van der Waals surface area contributed by atoms with Crippen molar-refractivity contribution in [2.45, 2.75) is 26.4 Å². The molecule has 3 N–H and O–H groups in total. The quantitative estimate of drug-likeness (QED) is 0.488. The van der Waals surface area contributed by atoms with E-state index in [-0.39, 0.29) is 17.2 Å². The molecule has 0 aliphatic carbocycles. The fourth-order valence-corrected chi connectivity index (χ4v) is 2.40. The lowest BCUT2D eigenvalue weighted by Gasteiger charge is -2.16. The van der Waals surface area contributed by atoms with E-state index in [1.54, 1.807) is 13.0 Å². The normalized spacial score (nSPS) is 11.5. The number of hydrogen-bond acceptors (Lipinski definition) is 5. The fourth-order valence-electron chi connectivity index (χ4n) is 2.40. The molecule has 0 bridgehead atoms. The third-order valence-electron chi connectivity index (χ3n) is 3.90. The number of non-ortho nitro benzene ring substituents is 1. The maximum atomic E-state index is 12.4. The van der Waals surface area contributed by atoms with Crippen molar-refractivity contribution in [2.75, 3.05) is 11.9 Å². The number of hydrogen-bond donors (Lipinski definition) is 3. The zero-order valence-corrected chi connectivity index (χ0v) is 15.2. The minimum absolute atomic E-state index is 0.122. The minimum atomic E-state index is -0.816. The van der Waals surface area contributed by atoms with Crippen molar-refractivity contribution in [2.24, 2.45) is 0 Å². The Morgan fingerprint density at radius 2 is 1.89 bits per heavy atom. The first-order chi connectivity index (χ1) is 12.9. The lowest BCUT2D eigenvalue weighted by molar-refractivity contribution is -0.384. The average Bonchev–Trinajstić information content (AvgIpc) is 2.67. The molecular formula is C19H22N4O4. The Hall–Kier alpha value is -3.26. The summed E-state index contributed by atoms with van der Waals surface area (Å²) in [5.74, 6) is -0.931. The number of anilines is 1.